The molecule has 1 N–H and O–H groups in total. The molecule has 1 aliphatic heterocycles. The van der Waals surface area contributed by atoms with Crippen molar-refractivity contribution >= 4 is 29.3 Å². The van der Waals surface area contributed by atoms with Crippen LogP contribution in [0.1, 0.15) is 114 Å². The summed E-state index contributed by atoms with van der Waals surface area (Å²) in [6, 6.07) is 8.40. The Hall–Kier alpha value is -3.11. The number of likely N-dealkylation sites (tertiary alicyclic amines) is 1. The summed E-state index contributed by atoms with van der Waals surface area (Å²) in [4.78, 5) is 74.2. The fraction of sp³-hybridized carbons (Fsp3) is 0.750. The molecule has 0 saturated carbocycles. The fourth-order valence-electron chi connectivity index (χ4n) is 8.29. The van der Waals surface area contributed by atoms with Crippen LogP contribution < -0.4 is 5.32 Å². The summed E-state index contributed by atoms with van der Waals surface area (Å²) in [6.45, 7) is 22.4. The molecule has 9 atom stereocenters. The van der Waals surface area contributed by atoms with Gasteiger partial charge in [0.05, 0.1) is 30.7 Å². The largest absolute Gasteiger partial charge is 0.379 e. The minimum Gasteiger partial charge on any atom is -0.379 e. The third-order valence-electron chi connectivity index (χ3n) is 12.4. The van der Waals surface area contributed by atoms with E-state index in [0.29, 0.717) is 13.0 Å². The number of likely N-dealkylation sites (N-methyl/N-ethyl adjacent to an activating group) is 2. The smallest absolute Gasteiger partial charge is 0.226 e. The van der Waals surface area contributed by atoms with Crippen LogP contribution in [0.3, 0.4) is 0 Å². The summed E-state index contributed by atoms with van der Waals surface area (Å²) >= 11 is 0. The van der Waals surface area contributed by atoms with E-state index in [1.807, 2.05) is 70.0 Å². The first-order valence-electron chi connectivity index (χ1n) is 20.5. The van der Waals surface area contributed by atoms with Crippen molar-refractivity contribution < 1.29 is 28.7 Å². The maximum atomic E-state index is 14.4. The maximum absolute atomic E-state index is 14.4. The quantitative estimate of drug-likeness (QED) is 0.145. The van der Waals surface area contributed by atoms with Crippen molar-refractivity contribution in [2.75, 3.05) is 27.7 Å². The highest BCUT2D eigenvalue weighted by atomic mass is 16.5. The minimum absolute atomic E-state index is 0.0258. The van der Waals surface area contributed by atoms with Gasteiger partial charge in [0.15, 0.2) is 11.6 Å². The van der Waals surface area contributed by atoms with E-state index >= 15 is 0 Å². The predicted molar refractivity (Wildman–Crippen MR) is 217 cm³/mol. The molecule has 0 aromatic heterocycles. The second-order valence-corrected chi connectivity index (χ2v) is 17.1. The second kappa shape index (κ2) is 21.8. The Morgan fingerprint density at radius 3 is 2.02 bits per heavy atom. The zero-order valence-corrected chi connectivity index (χ0v) is 36.1. The molecule has 1 aliphatic rings. The van der Waals surface area contributed by atoms with Gasteiger partial charge < -0.3 is 19.9 Å². The van der Waals surface area contributed by atoms with E-state index in [1.165, 1.54) is 6.92 Å². The van der Waals surface area contributed by atoms with Gasteiger partial charge in [-0.05, 0) is 76.3 Å². The normalized spacial score (nSPS) is 19.3. The Bertz CT molecular complexity index is 1370. The highest BCUT2D eigenvalue weighted by Gasteiger charge is 2.42. The lowest BCUT2D eigenvalue weighted by molar-refractivity contribution is -0.148. The molecule has 0 spiro atoms. The van der Waals surface area contributed by atoms with Gasteiger partial charge in [-0.1, -0.05) is 92.1 Å². The van der Waals surface area contributed by atoms with Crippen LogP contribution in [0.4, 0.5) is 0 Å². The zero-order valence-electron chi connectivity index (χ0n) is 36.1. The summed E-state index contributed by atoms with van der Waals surface area (Å²) in [6.07, 6.45) is 2.50. The van der Waals surface area contributed by atoms with E-state index in [9.17, 15) is 24.0 Å². The standard InChI is InChI=1S/C44H74N4O6/c1-15-30(8)42(47(13)44(53)35(27(2)3)25-38(50)41(28(4)5)46(12)29(6)7)39(54-14)26-40(51)48-23-19-22-37(48)31(9)32(10)43(52)45-36(33(11)49)24-34-20-17-16-18-21-34/h16-18,20-21,27-32,35-37,39,41-42H,15,19,22-26H2,1-14H3,(H,45,52)/t30-,31+,32+,35-,36+,37-,39+,41-,42?/m0/s1. The van der Waals surface area contributed by atoms with Crippen LogP contribution in [0, 0.1) is 35.5 Å². The number of hydrogen-bond acceptors (Lipinski definition) is 7. The first-order valence-corrected chi connectivity index (χ1v) is 20.5. The van der Waals surface area contributed by atoms with Gasteiger partial charge in [0.25, 0.3) is 0 Å². The molecule has 10 heteroatoms. The average Bonchev–Trinajstić information content (AvgIpc) is 3.62. The summed E-state index contributed by atoms with van der Waals surface area (Å²) in [5.74, 6) is -1.39. The second-order valence-electron chi connectivity index (χ2n) is 17.1. The van der Waals surface area contributed by atoms with Crippen LogP contribution >= 0.6 is 0 Å². The van der Waals surface area contributed by atoms with Crippen LogP contribution in [0.25, 0.3) is 0 Å². The van der Waals surface area contributed by atoms with Crippen molar-refractivity contribution in [2.45, 2.75) is 151 Å². The molecule has 1 fully saturated rings. The van der Waals surface area contributed by atoms with Crippen LogP contribution in [-0.4, -0.2) is 108 Å². The lowest BCUT2D eigenvalue weighted by atomic mass is 9.83. The van der Waals surface area contributed by atoms with Gasteiger partial charge in [0.1, 0.15) is 0 Å². The first kappa shape index (κ1) is 47.0. The average molecular weight is 755 g/mol. The third-order valence-corrected chi connectivity index (χ3v) is 12.4. The number of ketones is 2. The molecule has 2 rings (SSSR count). The van der Waals surface area contributed by atoms with Crippen LogP contribution in [-0.2, 0) is 35.1 Å². The molecule has 1 heterocycles. The lowest BCUT2D eigenvalue weighted by Gasteiger charge is -2.41. The molecule has 0 bridgehead atoms. The number of rotatable bonds is 22. The maximum Gasteiger partial charge on any atom is 0.226 e. The summed E-state index contributed by atoms with van der Waals surface area (Å²) in [7, 11) is 5.37. The number of Topliss-reactive ketones (excluding diaryl/α,β-unsaturated/α-hetero) is 2. The van der Waals surface area contributed by atoms with Crippen molar-refractivity contribution in [1.82, 2.24) is 20.0 Å². The number of nitrogens with one attached hydrogen (secondary N) is 1. The van der Waals surface area contributed by atoms with Crippen molar-refractivity contribution in [3.63, 3.8) is 0 Å². The highest BCUT2D eigenvalue weighted by molar-refractivity contribution is 5.90. The molecule has 0 aliphatic carbocycles. The Kier molecular flexibility index (Phi) is 19.0. The van der Waals surface area contributed by atoms with Crippen molar-refractivity contribution in [3.8, 4) is 0 Å². The number of methoxy groups -OCH3 is 1. The molecule has 0 radical (unpaired) electrons. The molecule has 1 aromatic carbocycles. The molecule has 1 unspecified atom stereocenters. The summed E-state index contributed by atoms with van der Waals surface area (Å²) < 4.78 is 6.07. The van der Waals surface area contributed by atoms with Gasteiger partial charge in [-0.15, -0.1) is 0 Å². The van der Waals surface area contributed by atoms with Crippen LogP contribution in [0.15, 0.2) is 30.3 Å². The molecular formula is C44H74N4O6. The zero-order chi connectivity index (χ0) is 41.0. The number of nitrogens with zero attached hydrogens (tertiary/aromatic N) is 3. The number of benzene rings is 1. The number of hydrogen-bond donors (Lipinski definition) is 1. The lowest BCUT2D eigenvalue weighted by Crippen LogP contribution is -2.54. The van der Waals surface area contributed by atoms with E-state index in [1.54, 1.807) is 19.1 Å². The molecular weight excluding hydrogens is 681 g/mol. The van der Waals surface area contributed by atoms with Crippen molar-refractivity contribution in [3.05, 3.63) is 35.9 Å². The highest BCUT2D eigenvalue weighted by Crippen LogP contribution is 2.32. The Labute approximate surface area is 327 Å². The number of amides is 3. The number of carbonyl (C=O) groups is 5. The van der Waals surface area contributed by atoms with Gasteiger partial charge in [0, 0.05) is 51.0 Å². The van der Waals surface area contributed by atoms with Gasteiger partial charge in [-0.25, -0.2) is 0 Å². The summed E-state index contributed by atoms with van der Waals surface area (Å²) in [5, 5.41) is 2.99. The predicted octanol–water partition coefficient (Wildman–Crippen LogP) is 6.44. The molecule has 1 saturated heterocycles. The molecule has 3 amide bonds. The molecule has 10 nitrogen and oxygen atoms in total. The SMILES string of the molecule is CC[C@H](C)C([C@@H](CC(=O)N1CCC[C@H]1[C@H](C)[C@@H](C)C(=O)N[C@H](Cc1ccccc1)C(C)=O)OC)N(C)C(=O)[C@@H](CC(=O)[C@H](C(C)C)N(C)C(C)C)C(C)C. The van der Waals surface area contributed by atoms with Crippen LogP contribution in [0.2, 0.25) is 0 Å². The Morgan fingerprint density at radius 2 is 1.52 bits per heavy atom. The Balaban J connectivity index is 2.25. The topological polar surface area (TPSA) is 116 Å². The molecule has 306 valence electrons. The van der Waals surface area contributed by atoms with E-state index in [0.717, 1.165) is 24.8 Å². The Morgan fingerprint density at radius 1 is 0.907 bits per heavy atom. The monoisotopic (exact) mass is 755 g/mol. The van der Waals surface area contributed by atoms with Gasteiger partial charge >= 0.3 is 0 Å². The van der Waals surface area contributed by atoms with Crippen molar-refractivity contribution in [1.29, 1.82) is 0 Å². The van der Waals surface area contributed by atoms with Crippen molar-refractivity contribution in [2.24, 2.45) is 35.5 Å². The fourth-order valence-corrected chi connectivity index (χ4v) is 8.29. The van der Waals surface area contributed by atoms with Gasteiger partial charge in [-0.2, -0.15) is 0 Å². The minimum atomic E-state index is -0.623. The van der Waals surface area contributed by atoms with Gasteiger partial charge in [-0.3, -0.25) is 28.9 Å². The summed E-state index contributed by atoms with van der Waals surface area (Å²) in [5.41, 5.74) is 0.976. The van der Waals surface area contributed by atoms with E-state index in [4.69, 9.17) is 4.74 Å². The number of ether oxygens (including phenoxy) is 1. The third kappa shape index (κ3) is 12.5. The molecule has 54 heavy (non-hydrogen) atoms. The first-order chi connectivity index (χ1) is 25.3. The van der Waals surface area contributed by atoms with E-state index in [-0.39, 0.29) is 90.0 Å². The van der Waals surface area contributed by atoms with E-state index in [2.05, 4.69) is 51.8 Å². The number of carbonyl (C=O) groups excluding carboxylic acids is 5. The van der Waals surface area contributed by atoms with Gasteiger partial charge in [0.2, 0.25) is 17.7 Å². The molecule has 1 aromatic rings. The van der Waals surface area contributed by atoms with E-state index < -0.39 is 24.0 Å². The van der Waals surface area contributed by atoms with Crippen LogP contribution in [0.5, 0.6) is 0 Å².